The van der Waals surface area contributed by atoms with Crippen LogP contribution in [0.2, 0.25) is 0 Å². The minimum absolute atomic E-state index is 0.00244. The van der Waals surface area contributed by atoms with Crippen molar-refractivity contribution >= 4 is 33.2 Å². The Kier molecular flexibility index (Phi) is 3.94. The summed E-state index contributed by atoms with van der Waals surface area (Å²) in [5.74, 6) is -0.00244. The molecule has 1 aromatic heterocycles. The quantitative estimate of drug-likeness (QED) is 0.882. The molecule has 1 aliphatic rings. The molecule has 4 heteroatoms. The van der Waals surface area contributed by atoms with E-state index in [1.807, 2.05) is 36.5 Å². The van der Waals surface area contributed by atoms with Crippen LogP contribution < -0.4 is 5.32 Å². The topological polar surface area (TPSA) is 29.1 Å². The predicted octanol–water partition coefficient (Wildman–Crippen LogP) is 4.24. The van der Waals surface area contributed by atoms with Crippen LogP contribution in [-0.4, -0.2) is 5.91 Å². The number of fused-ring (bicyclic) bond motifs is 1. The molecule has 3 rings (SSSR count). The number of carbonyl (C=O) groups is 1. The zero-order valence-corrected chi connectivity index (χ0v) is 13.7. The number of rotatable bonds is 3. The van der Waals surface area contributed by atoms with Crippen LogP contribution in [0.4, 0.5) is 0 Å². The van der Waals surface area contributed by atoms with Gasteiger partial charge in [0.25, 0.3) is 5.91 Å². The molecule has 0 saturated heterocycles. The summed E-state index contributed by atoms with van der Waals surface area (Å²) in [4.78, 5) is 15.0. The van der Waals surface area contributed by atoms with Crippen molar-refractivity contribution in [3.63, 3.8) is 0 Å². The molecule has 0 radical (unpaired) electrons. The van der Waals surface area contributed by atoms with E-state index >= 15 is 0 Å². The van der Waals surface area contributed by atoms with Gasteiger partial charge in [0.1, 0.15) is 0 Å². The summed E-state index contributed by atoms with van der Waals surface area (Å²) >= 11 is 5.26. The Labute approximate surface area is 131 Å². The number of thiophene rings is 1. The van der Waals surface area contributed by atoms with Gasteiger partial charge in [0.2, 0.25) is 0 Å². The Balaban J connectivity index is 1.68. The molecule has 0 aliphatic heterocycles. The molecule has 0 fully saturated rings. The van der Waals surface area contributed by atoms with Gasteiger partial charge < -0.3 is 5.32 Å². The fraction of sp³-hybridized carbons (Fsp3) is 0.312. The Hall–Kier alpha value is -1.13. The van der Waals surface area contributed by atoms with Crippen LogP contribution in [0.5, 0.6) is 0 Å². The second-order valence-corrected chi connectivity index (χ2v) is 7.29. The Bertz CT molecular complexity index is 641. The number of amides is 1. The van der Waals surface area contributed by atoms with Crippen LogP contribution >= 0.6 is 27.3 Å². The number of aryl methyl sites for hydroxylation is 3. The molecule has 0 spiro atoms. The lowest BCUT2D eigenvalue weighted by atomic mass is 10.1. The minimum atomic E-state index is -0.00244. The van der Waals surface area contributed by atoms with Gasteiger partial charge in [0.05, 0.1) is 6.54 Å². The third-order valence-electron chi connectivity index (χ3n) is 3.67. The standard InChI is InChI=1S/C16H16BrNOS/c1-10-5-6-12(17)8-14(10)16(19)18-9-13-7-11-3-2-4-15(11)20-13/h5-8H,2-4,9H2,1H3,(H,18,19). The van der Waals surface area contributed by atoms with Crippen molar-refractivity contribution in [3.8, 4) is 0 Å². The SMILES string of the molecule is Cc1ccc(Br)cc1C(=O)NCc1cc2c(s1)CCC2. The van der Waals surface area contributed by atoms with Gasteiger partial charge >= 0.3 is 0 Å². The average Bonchev–Trinajstić information content (AvgIpc) is 2.99. The van der Waals surface area contributed by atoms with Gasteiger partial charge in [-0.25, -0.2) is 0 Å². The first-order valence-corrected chi connectivity index (χ1v) is 8.39. The van der Waals surface area contributed by atoms with Gasteiger partial charge in [-0.15, -0.1) is 11.3 Å². The van der Waals surface area contributed by atoms with Crippen molar-refractivity contribution in [1.82, 2.24) is 5.32 Å². The van der Waals surface area contributed by atoms with Gasteiger partial charge in [-0.3, -0.25) is 4.79 Å². The first-order chi connectivity index (χ1) is 9.63. The highest BCUT2D eigenvalue weighted by Crippen LogP contribution is 2.30. The molecule has 2 nitrogen and oxygen atoms in total. The maximum Gasteiger partial charge on any atom is 0.251 e. The summed E-state index contributed by atoms with van der Waals surface area (Å²) in [7, 11) is 0. The molecule has 0 saturated carbocycles. The maximum atomic E-state index is 12.2. The van der Waals surface area contributed by atoms with E-state index in [9.17, 15) is 4.79 Å². The van der Waals surface area contributed by atoms with E-state index in [-0.39, 0.29) is 5.91 Å². The van der Waals surface area contributed by atoms with E-state index in [0.717, 1.165) is 15.6 Å². The Morgan fingerprint density at radius 3 is 3.00 bits per heavy atom. The fourth-order valence-electron chi connectivity index (χ4n) is 2.58. The zero-order valence-electron chi connectivity index (χ0n) is 11.3. The van der Waals surface area contributed by atoms with Crippen molar-refractivity contribution in [1.29, 1.82) is 0 Å². The summed E-state index contributed by atoms with van der Waals surface area (Å²) in [5, 5.41) is 3.02. The van der Waals surface area contributed by atoms with Crippen LogP contribution in [0, 0.1) is 6.92 Å². The second-order valence-electron chi connectivity index (χ2n) is 5.16. The average molecular weight is 350 g/mol. The van der Waals surface area contributed by atoms with Crippen LogP contribution in [0.15, 0.2) is 28.7 Å². The van der Waals surface area contributed by atoms with Gasteiger partial charge in [-0.2, -0.15) is 0 Å². The number of carbonyl (C=O) groups excluding carboxylic acids is 1. The number of halogens is 1. The van der Waals surface area contributed by atoms with Crippen molar-refractivity contribution in [3.05, 3.63) is 55.2 Å². The normalized spacial score (nSPS) is 13.3. The maximum absolute atomic E-state index is 12.2. The number of hydrogen-bond donors (Lipinski definition) is 1. The number of benzene rings is 1. The molecule has 0 unspecified atom stereocenters. The molecule has 1 heterocycles. The largest absolute Gasteiger partial charge is 0.347 e. The van der Waals surface area contributed by atoms with E-state index in [1.165, 1.54) is 34.6 Å². The molecular weight excluding hydrogens is 334 g/mol. The van der Waals surface area contributed by atoms with Gasteiger partial charge in [-0.05, 0) is 55.5 Å². The Morgan fingerprint density at radius 2 is 2.20 bits per heavy atom. The fourth-order valence-corrected chi connectivity index (χ4v) is 4.14. The van der Waals surface area contributed by atoms with Gasteiger partial charge in [-0.1, -0.05) is 22.0 Å². The molecule has 1 N–H and O–H groups in total. The lowest BCUT2D eigenvalue weighted by Gasteiger charge is -2.07. The second kappa shape index (κ2) is 5.70. The molecular formula is C16H16BrNOS. The predicted molar refractivity (Wildman–Crippen MR) is 86.4 cm³/mol. The van der Waals surface area contributed by atoms with Crippen LogP contribution in [0.1, 0.15) is 37.7 Å². The van der Waals surface area contributed by atoms with Crippen LogP contribution in [0.3, 0.4) is 0 Å². The summed E-state index contributed by atoms with van der Waals surface area (Å²) in [6.45, 7) is 2.59. The van der Waals surface area contributed by atoms with Crippen molar-refractivity contribution in [2.45, 2.75) is 32.7 Å². The Morgan fingerprint density at radius 1 is 1.35 bits per heavy atom. The van der Waals surface area contributed by atoms with Crippen molar-refractivity contribution in [2.75, 3.05) is 0 Å². The van der Waals surface area contributed by atoms with Gasteiger partial charge in [0.15, 0.2) is 0 Å². The third kappa shape index (κ3) is 2.81. The van der Waals surface area contributed by atoms with Crippen LogP contribution in [0.25, 0.3) is 0 Å². The lowest BCUT2D eigenvalue weighted by Crippen LogP contribution is -2.23. The number of nitrogens with one attached hydrogen (secondary N) is 1. The summed E-state index contributed by atoms with van der Waals surface area (Å²) in [5.41, 5.74) is 3.22. The molecule has 0 bridgehead atoms. The summed E-state index contributed by atoms with van der Waals surface area (Å²) in [6.07, 6.45) is 3.69. The highest BCUT2D eigenvalue weighted by atomic mass is 79.9. The molecule has 1 aromatic carbocycles. The van der Waals surface area contributed by atoms with E-state index in [0.29, 0.717) is 6.54 Å². The van der Waals surface area contributed by atoms with E-state index in [1.54, 1.807) is 0 Å². The van der Waals surface area contributed by atoms with E-state index in [2.05, 4.69) is 27.3 Å². The van der Waals surface area contributed by atoms with Gasteiger partial charge in [0, 0.05) is 19.8 Å². The molecule has 1 aliphatic carbocycles. The summed E-state index contributed by atoms with van der Waals surface area (Å²) < 4.78 is 0.934. The van der Waals surface area contributed by atoms with Crippen molar-refractivity contribution in [2.24, 2.45) is 0 Å². The molecule has 104 valence electrons. The first-order valence-electron chi connectivity index (χ1n) is 6.78. The van der Waals surface area contributed by atoms with E-state index in [4.69, 9.17) is 0 Å². The first kappa shape index (κ1) is 13.8. The third-order valence-corrected chi connectivity index (χ3v) is 5.40. The van der Waals surface area contributed by atoms with Crippen LogP contribution in [-0.2, 0) is 19.4 Å². The molecule has 1 amide bonds. The molecule has 20 heavy (non-hydrogen) atoms. The summed E-state index contributed by atoms with van der Waals surface area (Å²) in [6, 6.07) is 8.04. The smallest absolute Gasteiger partial charge is 0.251 e. The van der Waals surface area contributed by atoms with E-state index < -0.39 is 0 Å². The zero-order chi connectivity index (χ0) is 14.1. The number of hydrogen-bond acceptors (Lipinski definition) is 2. The highest BCUT2D eigenvalue weighted by molar-refractivity contribution is 9.10. The molecule has 0 atom stereocenters. The highest BCUT2D eigenvalue weighted by Gasteiger charge is 2.15. The molecule has 2 aromatic rings. The lowest BCUT2D eigenvalue weighted by molar-refractivity contribution is 0.0950. The monoisotopic (exact) mass is 349 g/mol. The van der Waals surface area contributed by atoms with Crippen molar-refractivity contribution < 1.29 is 4.79 Å². The minimum Gasteiger partial charge on any atom is -0.347 e.